The van der Waals surface area contributed by atoms with Crippen molar-refractivity contribution >= 4 is 17.9 Å². The molecule has 1 fully saturated rings. The van der Waals surface area contributed by atoms with Crippen LogP contribution in [0.3, 0.4) is 0 Å². The fourth-order valence-corrected chi connectivity index (χ4v) is 5.03. The average Bonchev–Trinajstić information content (AvgIpc) is 3.67. The molecule has 3 rings (SSSR count). The maximum Gasteiger partial charge on any atom is 0.408 e. The Morgan fingerprint density at radius 1 is 0.974 bits per heavy atom. The highest BCUT2D eigenvalue weighted by Gasteiger charge is 2.45. The topological polar surface area (TPSA) is 87.7 Å². The van der Waals surface area contributed by atoms with Gasteiger partial charge in [-0.05, 0) is 83.1 Å². The Labute approximate surface area is 233 Å². The summed E-state index contributed by atoms with van der Waals surface area (Å²) in [6.07, 6.45) is 3.05. The van der Waals surface area contributed by atoms with Crippen molar-refractivity contribution in [2.45, 2.75) is 110 Å². The van der Waals surface area contributed by atoms with Gasteiger partial charge in [-0.15, -0.1) is 0 Å². The van der Waals surface area contributed by atoms with Crippen LogP contribution in [0.15, 0.2) is 48.5 Å². The minimum atomic E-state index is -0.893. The Hall–Kier alpha value is -3.35. The molecule has 0 saturated heterocycles. The molecular formula is C32H45N3O4. The van der Waals surface area contributed by atoms with Crippen molar-refractivity contribution in [3.8, 4) is 0 Å². The van der Waals surface area contributed by atoms with Gasteiger partial charge in [-0.2, -0.15) is 0 Å². The van der Waals surface area contributed by atoms with Crippen molar-refractivity contribution in [2.24, 2.45) is 0 Å². The van der Waals surface area contributed by atoms with E-state index in [2.05, 4.69) is 17.6 Å². The molecule has 2 aromatic carbocycles. The summed E-state index contributed by atoms with van der Waals surface area (Å²) < 4.78 is 5.52. The summed E-state index contributed by atoms with van der Waals surface area (Å²) in [4.78, 5) is 43.1. The number of ether oxygens (including phenoxy) is 1. The van der Waals surface area contributed by atoms with Crippen molar-refractivity contribution in [1.82, 2.24) is 15.5 Å². The van der Waals surface area contributed by atoms with Gasteiger partial charge in [0.25, 0.3) is 0 Å². The lowest BCUT2D eigenvalue weighted by Gasteiger charge is -2.36. The van der Waals surface area contributed by atoms with Gasteiger partial charge in [0, 0.05) is 18.5 Å². The number of rotatable bonds is 11. The first kappa shape index (κ1) is 30.2. The second-order valence-corrected chi connectivity index (χ2v) is 11.8. The highest BCUT2D eigenvalue weighted by Crippen LogP contribution is 2.38. The summed E-state index contributed by atoms with van der Waals surface area (Å²) in [7, 11) is 0. The zero-order chi connectivity index (χ0) is 28.7. The van der Waals surface area contributed by atoms with E-state index in [0.29, 0.717) is 0 Å². The maximum absolute atomic E-state index is 14.5. The molecule has 0 bridgehead atoms. The van der Waals surface area contributed by atoms with E-state index in [9.17, 15) is 14.4 Å². The molecule has 39 heavy (non-hydrogen) atoms. The summed E-state index contributed by atoms with van der Waals surface area (Å²) in [6.45, 7) is 13.4. The minimum Gasteiger partial charge on any atom is -0.444 e. The molecule has 0 heterocycles. The molecule has 0 radical (unpaired) electrons. The number of benzene rings is 2. The number of hydrogen-bond acceptors (Lipinski definition) is 4. The number of carbonyl (C=O) groups is 3. The quantitative estimate of drug-likeness (QED) is 0.382. The van der Waals surface area contributed by atoms with E-state index in [-0.39, 0.29) is 30.3 Å². The van der Waals surface area contributed by atoms with Crippen molar-refractivity contribution in [2.75, 3.05) is 0 Å². The number of amides is 3. The number of alkyl carbamates (subject to hydrolysis) is 1. The number of nitrogens with one attached hydrogen (secondary N) is 2. The fourth-order valence-electron chi connectivity index (χ4n) is 5.03. The fraction of sp³-hybridized carbons (Fsp3) is 0.531. The molecule has 3 atom stereocenters. The lowest BCUT2D eigenvalue weighted by atomic mass is 9.92. The molecule has 212 valence electrons. The molecule has 0 aliphatic heterocycles. The maximum atomic E-state index is 14.5. The van der Waals surface area contributed by atoms with Crippen LogP contribution < -0.4 is 10.6 Å². The van der Waals surface area contributed by atoms with E-state index >= 15 is 0 Å². The zero-order valence-corrected chi connectivity index (χ0v) is 24.5. The molecule has 3 amide bonds. The Kier molecular flexibility index (Phi) is 10.2. The third-order valence-corrected chi connectivity index (χ3v) is 6.92. The smallest absolute Gasteiger partial charge is 0.408 e. The van der Waals surface area contributed by atoms with Crippen LogP contribution >= 0.6 is 0 Å². The van der Waals surface area contributed by atoms with Crippen LogP contribution in [0.25, 0.3) is 0 Å². The van der Waals surface area contributed by atoms with Gasteiger partial charge in [0.2, 0.25) is 11.8 Å². The highest BCUT2D eigenvalue weighted by atomic mass is 16.6. The predicted molar refractivity (Wildman–Crippen MR) is 154 cm³/mol. The normalized spacial score (nSPS) is 15.6. The monoisotopic (exact) mass is 535 g/mol. The highest BCUT2D eigenvalue weighted by molar-refractivity contribution is 5.93. The Balaban J connectivity index is 2.04. The van der Waals surface area contributed by atoms with E-state index in [4.69, 9.17) is 4.74 Å². The lowest BCUT2D eigenvalue weighted by Crippen LogP contribution is -2.55. The van der Waals surface area contributed by atoms with Gasteiger partial charge in [-0.1, -0.05) is 61.9 Å². The van der Waals surface area contributed by atoms with Gasteiger partial charge in [-0.25, -0.2) is 4.79 Å². The molecular weight excluding hydrogens is 490 g/mol. The second kappa shape index (κ2) is 13.1. The summed E-state index contributed by atoms with van der Waals surface area (Å²) in [5, 5.41) is 6.00. The molecule has 7 heteroatoms. The van der Waals surface area contributed by atoms with E-state index in [1.165, 1.54) is 0 Å². The average molecular weight is 536 g/mol. The lowest BCUT2D eigenvalue weighted by molar-refractivity contribution is -0.143. The molecule has 7 nitrogen and oxygen atoms in total. The Morgan fingerprint density at radius 3 is 2.13 bits per heavy atom. The van der Waals surface area contributed by atoms with Crippen LogP contribution in [-0.2, 0) is 20.7 Å². The van der Waals surface area contributed by atoms with Crippen molar-refractivity contribution < 1.29 is 19.1 Å². The first-order valence-electron chi connectivity index (χ1n) is 14.1. The summed E-state index contributed by atoms with van der Waals surface area (Å²) >= 11 is 0. The van der Waals surface area contributed by atoms with E-state index in [1.807, 2.05) is 69.3 Å². The van der Waals surface area contributed by atoms with Crippen LogP contribution in [0.4, 0.5) is 4.79 Å². The standard InChI is InChI=1S/C32H45N3O4/c1-8-13-23(4)33-29(36)28(27-21(2)14-12-15-22(27)3)35(25-18-19-25)30(37)26(20-24-16-10-9-11-17-24)34-31(38)39-32(5,6)7/h9-12,14-17,23,25-26,28H,8,13,18-20H2,1-7H3,(H,33,36)(H,34,38). The van der Waals surface area contributed by atoms with Crippen molar-refractivity contribution in [3.05, 3.63) is 70.8 Å². The van der Waals surface area contributed by atoms with Gasteiger partial charge in [-0.3, -0.25) is 9.59 Å². The first-order chi connectivity index (χ1) is 18.4. The van der Waals surface area contributed by atoms with Crippen LogP contribution in [0, 0.1) is 13.8 Å². The Bertz CT molecular complexity index is 1120. The second-order valence-electron chi connectivity index (χ2n) is 11.8. The number of hydrogen-bond donors (Lipinski definition) is 2. The molecule has 3 unspecified atom stereocenters. The SMILES string of the molecule is CCCC(C)NC(=O)C(c1c(C)cccc1C)N(C(=O)C(Cc1ccccc1)NC(=O)OC(C)(C)C)C1CC1. The van der Waals surface area contributed by atoms with E-state index in [0.717, 1.165) is 47.9 Å². The molecule has 2 N–H and O–H groups in total. The number of carbonyl (C=O) groups excluding carboxylic acids is 3. The van der Waals surface area contributed by atoms with Gasteiger partial charge in [0.1, 0.15) is 17.7 Å². The van der Waals surface area contributed by atoms with Gasteiger partial charge < -0.3 is 20.3 Å². The van der Waals surface area contributed by atoms with E-state index in [1.54, 1.807) is 25.7 Å². The van der Waals surface area contributed by atoms with Crippen LogP contribution in [-0.4, -0.2) is 46.5 Å². The van der Waals surface area contributed by atoms with Crippen molar-refractivity contribution in [1.29, 1.82) is 0 Å². The number of nitrogens with zero attached hydrogens (tertiary/aromatic N) is 1. The van der Waals surface area contributed by atoms with Gasteiger partial charge >= 0.3 is 6.09 Å². The minimum absolute atomic E-state index is 0.0227. The molecule has 1 aliphatic rings. The van der Waals surface area contributed by atoms with Gasteiger partial charge in [0.05, 0.1) is 0 Å². The first-order valence-corrected chi connectivity index (χ1v) is 14.1. The summed E-state index contributed by atoms with van der Waals surface area (Å²) in [5.41, 5.74) is 2.95. The zero-order valence-electron chi connectivity index (χ0n) is 24.5. The van der Waals surface area contributed by atoms with Crippen LogP contribution in [0.5, 0.6) is 0 Å². The predicted octanol–water partition coefficient (Wildman–Crippen LogP) is 5.78. The molecule has 1 saturated carbocycles. The third-order valence-electron chi connectivity index (χ3n) is 6.92. The largest absolute Gasteiger partial charge is 0.444 e. The Morgan fingerprint density at radius 2 is 1.59 bits per heavy atom. The molecule has 0 aromatic heterocycles. The van der Waals surface area contributed by atoms with Crippen molar-refractivity contribution in [3.63, 3.8) is 0 Å². The molecule has 1 aliphatic carbocycles. The summed E-state index contributed by atoms with van der Waals surface area (Å²) in [5.74, 6) is -0.470. The van der Waals surface area contributed by atoms with Crippen LogP contribution in [0.2, 0.25) is 0 Å². The summed E-state index contributed by atoms with van der Waals surface area (Å²) in [6, 6.07) is 13.7. The van der Waals surface area contributed by atoms with Crippen LogP contribution in [0.1, 0.15) is 88.6 Å². The molecule has 0 spiro atoms. The van der Waals surface area contributed by atoms with E-state index < -0.39 is 23.8 Å². The molecule has 2 aromatic rings. The number of aryl methyl sites for hydroxylation is 2. The van der Waals surface area contributed by atoms with Gasteiger partial charge in [0.15, 0.2) is 0 Å². The third kappa shape index (κ3) is 8.57.